The SMILES string of the molecule is O[C@@H]1C[C@@H]2CN(c3nc(OC[C@@]45CCCN4C[C@H](F)C5)nc4c3CCN(c3cccc5cccc(Cl)c35)C4)C[C@H]1N2. The lowest BCUT2D eigenvalue weighted by Gasteiger charge is -2.38. The van der Waals surface area contributed by atoms with E-state index in [0.29, 0.717) is 38.7 Å². The van der Waals surface area contributed by atoms with Gasteiger partial charge in [-0.25, -0.2) is 4.39 Å². The standard InChI is InChI=1S/C31H36ClFN6O2/c32-23-6-1-4-19-5-2-7-26(28(19)23)37-11-8-22-24(16-37)35-30(41-18-31-9-3-10-39(31)14-20(33)13-31)36-29(22)38-15-21-12-27(40)25(17-38)34-21/h1-2,4-7,20-21,25,27,34,40H,3,8-18H2/t20-,21-,25-,27-,31+/m1/s1. The number of piperazine rings is 1. The van der Waals surface area contributed by atoms with Gasteiger partial charge in [0.1, 0.15) is 18.6 Å². The van der Waals surface area contributed by atoms with E-state index in [4.69, 9.17) is 26.3 Å². The zero-order valence-corrected chi connectivity index (χ0v) is 23.9. The van der Waals surface area contributed by atoms with Crippen molar-refractivity contribution < 1.29 is 14.2 Å². The Bertz CT molecular complexity index is 1490. The molecule has 6 heterocycles. The summed E-state index contributed by atoms with van der Waals surface area (Å²) in [5.41, 5.74) is 2.96. The Labute approximate surface area is 244 Å². The van der Waals surface area contributed by atoms with Gasteiger partial charge < -0.3 is 25.0 Å². The number of aromatic nitrogens is 2. The largest absolute Gasteiger partial charge is 0.461 e. The summed E-state index contributed by atoms with van der Waals surface area (Å²) < 4.78 is 20.8. The molecule has 2 N–H and O–H groups in total. The molecule has 2 bridgehead atoms. The van der Waals surface area contributed by atoms with Crippen molar-refractivity contribution in [3.05, 3.63) is 52.7 Å². The highest BCUT2D eigenvalue weighted by Crippen LogP contribution is 2.41. The number of aliphatic hydroxyl groups excluding tert-OH is 1. The van der Waals surface area contributed by atoms with Gasteiger partial charge in [0.05, 0.1) is 34.9 Å². The van der Waals surface area contributed by atoms with Crippen LogP contribution in [-0.4, -0.2) is 89.2 Å². The Morgan fingerprint density at radius 1 is 1.10 bits per heavy atom. The number of alkyl halides is 1. The van der Waals surface area contributed by atoms with Crippen LogP contribution in [0.1, 0.15) is 36.9 Å². The molecule has 0 radical (unpaired) electrons. The second-order valence-electron chi connectivity index (χ2n) is 12.6. The fraction of sp³-hybridized carbons (Fsp3) is 0.548. The molecule has 216 valence electrons. The minimum Gasteiger partial charge on any atom is -0.461 e. The van der Waals surface area contributed by atoms with Gasteiger partial charge in [-0.2, -0.15) is 9.97 Å². The summed E-state index contributed by atoms with van der Waals surface area (Å²) in [5.74, 6) is 0.918. The van der Waals surface area contributed by atoms with Crippen molar-refractivity contribution in [2.75, 3.05) is 49.1 Å². The third-order valence-corrected chi connectivity index (χ3v) is 10.3. The van der Waals surface area contributed by atoms with Gasteiger partial charge in [-0.1, -0.05) is 35.9 Å². The van der Waals surface area contributed by atoms with Crippen LogP contribution in [0.25, 0.3) is 10.8 Å². The van der Waals surface area contributed by atoms with Crippen molar-refractivity contribution >= 4 is 33.9 Å². The smallest absolute Gasteiger partial charge is 0.318 e. The van der Waals surface area contributed by atoms with Crippen molar-refractivity contribution in [1.82, 2.24) is 20.2 Å². The van der Waals surface area contributed by atoms with Gasteiger partial charge in [0.2, 0.25) is 0 Å². The van der Waals surface area contributed by atoms with E-state index in [9.17, 15) is 9.50 Å². The Morgan fingerprint density at radius 2 is 1.98 bits per heavy atom. The average Bonchev–Trinajstić information content (AvgIpc) is 3.59. The van der Waals surface area contributed by atoms with Crippen LogP contribution in [0.15, 0.2) is 36.4 Å². The minimum atomic E-state index is -0.803. The van der Waals surface area contributed by atoms with Crippen LogP contribution in [0.2, 0.25) is 5.02 Å². The number of benzene rings is 2. The van der Waals surface area contributed by atoms with Gasteiger partial charge in [0.15, 0.2) is 0 Å². The number of hydrogen-bond acceptors (Lipinski definition) is 8. The molecule has 5 atom stereocenters. The molecule has 8 nitrogen and oxygen atoms in total. The van der Waals surface area contributed by atoms with Crippen LogP contribution in [-0.2, 0) is 13.0 Å². The summed E-state index contributed by atoms with van der Waals surface area (Å²) >= 11 is 6.70. The van der Waals surface area contributed by atoms with Gasteiger partial charge >= 0.3 is 6.01 Å². The number of nitrogens with one attached hydrogen (secondary N) is 1. The van der Waals surface area contributed by atoms with Crippen molar-refractivity contribution in [1.29, 1.82) is 0 Å². The van der Waals surface area contributed by atoms with Crippen LogP contribution >= 0.6 is 11.6 Å². The van der Waals surface area contributed by atoms with Gasteiger partial charge in [0.25, 0.3) is 0 Å². The highest BCUT2D eigenvalue weighted by atomic mass is 35.5. The van der Waals surface area contributed by atoms with Crippen LogP contribution in [0.5, 0.6) is 6.01 Å². The quantitative estimate of drug-likeness (QED) is 0.475. The monoisotopic (exact) mass is 578 g/mol. The van der Waals surface area contributed by atoms with Crippen molar-refractivity contribution in [3.63, 3.8) is 0 Å². The zero-order chi connectivity index (χ0) is 27.7. The van der Waals surface area contributed by atoms with Crippen LogP contribution in [0.3, 0.4) is 0 Å². The van der Waals surface area contributed by atoms with Gasteiger partial charge in [-0.15, -0.1) is 0 Å². The van der Waals surface area contributed by atoms with Crippen LogP contribution in [0.4, 0.5) is 15.9 Å². The van der Waals surface area contributed by atoms with E-state index < -0.39 is 6.17 Å². The van der Waals surface area contributed by atoms with E-state index in [2.05, 4.69) is 44.3 Å². The summed E-state index contributed by atoms with van der Waals surface area (Å²) in [4.78, 5) is 16.9. The molecular formula is C31H36ClFN6O2. The third-order valence-electron chi connectivity index (χ3n) is 10.0. The number of rotatable bonds is 5. The van der Waals surface area contributed by atoms with E-state index >= 15 is 0 Å². The maximum absolute atomic E-state index is 14.4. The number of fused-ring (bicyclic) bond motifs is 5. The van der Waals surface area contributed by atoms with E-state index in [1.165, 1.54) is 0 Å². The molecule has 0 saturated carbocycles. The summed E-state index contributed by atoms with van der Waals surface area (Å²) in [6, 6.07) is 13.0. The Kier molecular flexibility index (Phi) is 6.29. The molecular weight excluding hydrogens is 543 g/mol. The molecule has 5 aliphatic rings. The first kappa shape index (κ1) is 25.9. The second-order valence-corrected chi connectivity index (χ2v) is 13.0. The summed E-state index contributed by atoms with van der Waals surface area (Å²) in [5, 5.41) is 17.0. The summed E-state index contributed by atoms with van der Waals surface area (Å²) in [6.07, 6.45) is 2.95. The summed E-state index contributed by atoms with van der Waals surface area (Å²) in [7, 11) is 0. The first-order valence-electron chi connectivity index (χ1n) is 15.0. The topological polar surface area (TPSA) is 77.0 Å². The van der Waals surface area contributed by atoms with Crippen molar-refractivity contribution in [3.8, 4) is 6.01 Å². The van der Waals surface area contributed by atoms with E-state index in [1.54, 1.807) is 0 Å². The second kappa shape index (κ2) is 9.93. The predicted octanol–water partition coefficient (Wildman–Crippen LogP) is 3.71. The number of aliphatic hydroxyl groups is 1. The first-order chi connectivity index (χ1) is 20.0. The van der Waals surface area contributed by atoms with Gasteiger partial charge in [0, 0.05) is 55.3 Å². The molecule has 0 unspecified atom stereocenters. The highest BCUT2D eigenvalue weighted by Gasteiger charge is 2.49. The molecule has 0 aliphatic carbocycles. The van der Waals surface area contributed by atoms with Gasteiger partial charge in [-0.05, 0) is 49.7 Å². The molecule has 4 fully saturated rings. The molecule has 10 heteroatoms. The number of hydrogen-bond donors (Lipinski definition) is 2. The lowest BCUT2D eigenvalue weighted by molar-refractivity contribution is 0.107. The van der Waals surface area contributed by atoms with E-state index in [-0.39, 0.29) is 23.7 Å². The maximum atomic E-state index is 14.4. The fourth-order valence-electron chi connectivity index (χ4n) is 8.10. The minimum absolute atomic E-state index is 0.0348. The molecule has 8 rings (SSSR count). The van der Waals surface area contributed by atoms with Crippen LogP contribution < -0.4 is 19.9 Å². The lowest BCUT2D eigenvalue weighted by Crippen LogP contribution is -2.53. The molecule has 2 aromatic carbocycles. The number of ether oxygens (including phenoxy) is 1. The Hall–Kier alpha value is -2.72. The molecule has 1 aromatic heterocycles. The Balaban J connectivity index is 1.14. The molecule has 4 saturated heterocycles. The number of anilines is 2. The third kappa shape index (κ3) is 4.44. The number of halogens is 2. The predicted molar refractivity (Wildman–Crippen MR) is 158 cm³/mol. The maximum Gasteiger partial charge on any atom is 0.318 e. The summed E-state index contributed by atoms with van der Waals surface area (Å²) in [6.45, 7) is 4.76. The first-order valence-corrected chi connectivity index (χ1v) is 15.4. The lowest BCUT2D eigenvalue weighted by atomic mass is 9.95. The highest BCUT2D eigenvalue weighted by molar-refractivity contribution is 6.36. The normalized spacial score (nSPS) is 31.1. The van der Waals surface area contributed by atoms with Gasteiger partial charge in [-0.3, -0.25) is 4.90 Å². The van der Waals surface area contributed by atoms with E-state index in [1.807, 2.05) is 12.1 Å². The van der Waals surface area contributed by atoms with E-state index in [0.717, 1.165) is 83.9 Å². The molecule has 3 aromatic rings. The molecule has 0 amide bonds. The number of nitrogens with zero attached hydrogens (tertiary/aromatic N) is 5. The van der Waals surface area contributed by atoms with Crippen LogP contribution in [0, 0.1) is 0 Å². The zero-order valence-electron chi connectivity index (χ0n) is 23.1. The van der Waals surface area contributed by atoms with Crippen molar-refractivity contribution in [2.45, 2.75) is 68.5 Å². The molecule has 5 aliphatic heterocycles. The molecule has 0 spiro atoms. The Morgan fingerprint density at radius 3 is 2.85 bits per heavy atom. The van der Waals surface area contributed by atoms with Crippen molar-refractivity contribution in [2.24, 2.45) is 0 Å². The average molecular weight is 579 g/mol. The fourth-order valence-corrected chi connectivity index (χ4v) is 8.38. The molecule has 41 heavy (non-hydrogen) atoms.